The van der Waals surface area contributed by atoms with Crippen LogP contribution in [-0.4, -0.2) is 29.7 Å². The summed E-state index contributed by atoms with van der Waals surface area (Å²) in [5.41, 5.74) is 2.33. The molecule has 3 aromatic rings. The number of para-hydroxylation sites is 1. The van der Waals surface area contributed by atoms with E-state index < -0.39 is 0 Å². The Morgan fingerprint density at radius 3 is 2.62 bits per heavy atom. The van der Waals surface area contributed by atoms with Crippen molar-refractivity contribution in [2.75, 3.05) is 14.2 Å². The Bertz CT molecular complexity index is 855. The van der Waals surface area contributed by atoms with Crippen molar-refractivity contribution in [2.45, 2.75) is 6.54 Å². The Hall–Kier alpha value is -3.08. The predicted octanol–water partition coefficient (Wildman–Crippen LogP) is 3.39. The topological polar surface area (TPSA) is 53.4 Å². The first kappa shape index (κ1) is 15.8. The number of esters is 1. The van der Waals surface area contributed by atoms with Crippen LogP contribution in [0.4, 0.5) is 0 Å². The molecule has 0 spiro atoms. The van der Waals surface area contributed by atoms with Crippen molar-refractivity contribution in [2.24, 2.45) is 0 Å². The Kier molecular flexibility index (Phi) is 4.61. The lowest BCUT2D eigenvalue weighted by atomic mass is 10.1. The smallest absolute Gasteiger partial charge is 0.338 e. The van der Waals surface area contributed by atoms with E-state index in [0.29, 0.717) is 12.1 Å². The maximum absolute atomic E-state index is 12.0. The van der Waals surface area contributed by atoms with Crippen LogP contribution < -0.4 is 4.74 Å². The van der Waals surface area contributed by atoms with Crippen molar-refractivity contribution in [1.82, 2.24) is 9.55 Å². The van der Waals surface area contributed by atoms with Crippen LogP contribution in [0, 0.1) is 0 Å². The Labute approximate surface area is 140 Å². The third-order valence-electron chi connectivity index (χ3n) is 3.83. The van der Waals surface area contributed by atoms with Gasteiger partial charge in [0.05, 0.1) is 25.3 Å². The summed E-state index contributed by atoms with van der Waals surface area (Å²) in [5.74, 6) is 1.20. The number of hydrogen-bond donors (Lipinski definition) is 0. The monoisotopic (exact) mass is 322 g/mol. The number of rotatable bonds is 5. The van der Waals surface area contributed by atoms with E-state index in [4.69, 9.17) is 9.47 Å². The lowest BCUT2D eigenvalue weighted by Crippen LogP contribution is -2.09. The molecule has 3 rings (SSSR count). The molecule has 5 heteroatoms. The summed E-state index contributed by atoms with van der Waals surface area (Å²) >= 11 is 0. The number of aromatic nitrogens is 2. The number of hydrogen-bond acceptors (Lipinski definition) is 4. The molecular formula is C19H18N2O3. The van der Waals surface area contributed by atoms with Crippen LogP contribution in [0.5, 0.6) is 5.75 Å². The molecule has 0 saturated carbocycles. The molecule has 0 radical (unpaired) electrons. The predicted molar refractivity (Wildman–Crippen MR) is 91.1 cm³/mol. The molecular weight excluding hydrogens is 304 g/mol. The van der Waals surface area contributed by atoms with Gasteiger partial charge in [-0.1, -0.05) is 30.3 Å². The van der Waals surface area contributed by atoms with Crippen molar-refractivity contribution in [1.29, 1.82) is 0 Å². The quantitative estimate of drug-likeness (QED) is 0.676. The third kappa shape index (κ3) is 3.01. The van der Waals surface area contributed by atoms with Crippen LogP contribution >= 0.6 is 0 Å². The lowest BCUT2D eigenvalue weighted by molar-refractivity contribution is 0.0599. The number of benzene rings is 2. The zero-order chi connectivity index (χ0) is 16.9. The standard InChI is InChI=1S/C19H18N2O3/c1-23-17-10-6-5-9-16(17)18-20-11-12-21(18)13-14-7-3-4-8-15(14)19(22)24-2/h3-12H,13H2,1-2H3. The average molecular weight is 322 g/mol. The minimum absolute atomic E-state index is 0.343. The number of imidazole rings is 1. The Balaban J connectivity index is 2.00. The Morgan fingerprint density at radius 1 is 1.08 bits per heavy atom. The highest BCUT2D eigenvalue weighted by Gasteiger charge is 2.15. The summed E-state index contributed by atoms with van der Waals surface area (Å²) in [5, 5.41) is 0. The fourth-order valence-corrected chi connectivity index (χ4v) is 2.66. The fourth-order valence-electron chi connectivity index (χ4n) is 2.66. The summed E-state index contributed by atoms with van der Waals surface area (Å²) in [6.07, 6.45) is 3.62. The fraction of sp³-hybridized carbons (Fsp3) is 0.158. The van der Waals surface area contributed by atoms with Crippen LogP contribution in [0.2, 0.25) is 0 Å². The van der Waals surface area contributed by atoms with Gasteiger partial charge in [-0.2, -0.15) is 0 Å². The molecule has 5 nitrogen and oxygen atoms in total. The molecule has 1 aromatic heterocycles. The summed E-state index contributed by atoms with van der Waals surface area (Å²) in [7, 11) is 3.02. The summed E-state index contributed by atoms with van der Waals surface area (Å²) < 4.78 is 12.3. The molecule has 0 saturated heterocycles. The molecule has 0 amide bonds. The molecule has 1 heterocycles. The van der Waals surface area contributed by atoms with Crippen molar-refractivity contribution in [3.05, 3.63) is 72.1 Å². The van der Waals surface area contributed by atoms with Crippen LogP contribution in [0.3, 0.4) is 0 Å². The molecule has 0 unspecified atom stereocenters. The minimum Gasteiger partial charge on any atom is -0.496 e. The molecule has 2 aromatic carbocycles. The zero-order valence-electron chi connectivity index (χ0n) is 13.6. The van der Waals surface area contributed by atoms with Gasteiger partial charge in [-0.05, 0) is 23.8 Å². The second kappa shape index (κ2) is 7.00. The van der Waals surface area contributed by atoms with Gasteiger partial charge >= 0.3 is 5.97 Å². The summed E-state index contributed by atoms with van der Waals surface area (Å²) in [4.78, 5) is 16.4. The highest BCUT2D eigenvalue weighted by Crippen LogP contribution is 2.28. The third-order valence-corrected chi connectivity index (χ3v) is 3.83. The van der Waals surface area contributed by atoms with E-state index in [9.17, 15) is 4.79 Å². The van der Waals surface area contributed by atoms with Crippen LogP contribution in [0.25, 0.3) is 11.4 Å². The summed E-state index contributed by atoms with van der Waals surface area (Å²) in [6.45, 7) is 0.513. The maximum Gasteiger partial charge on any atom is 0.338 e. The van der Waals surface area contributed by atoms with E-state index in [1.54, 1.807) is 19.4 Å². The summed E-state index contributed by atoms with van der Waals surface area (Å²) in [6, 6.07) is 15.1. The van der Waals surface area contributed by atoms with Gasteiger partial charge in [0.25, 0.3) is 0 Å². The number of carbonyl (C=O) groups is 1. The molecule has 0 N–H and O–H groups in total. The van der Waals surface area contributed by atoms with E-state index >= 15 is 0 Å². The molecule has 0 aliphatic heterocycles. The van der Waals surface area contributed by atoms with Gasteiger partial charge in [-0.3, -0.25) is 0 Å². The first-order chi connectivity index (χ1) is 11.7. The van der Waals surface area contributed by atoms with E-state index in [1.807, 2.05) is 53.2 Å². The highest BCUT2D eigenvalue weighted by atomic mass is 16.5. The van der Waals surface area contributed by atoms with E-state index in [0.717, 1.165) is 22.7 Å². The molecule has 0 atom stereocenters. The molecule has 0 bridgehead atoms. The zero-order valence-corrected chi connectivity index (χ0v) is 13.6. The molecule has 0 fully saturated rings. The number of methoxy groups -OCH3 is 2. The van der Waals surface area contributed by atoms with Gasteiger partial charge < -0.3 is 14.0 Å². The van der Waals surface area contributed by atoms with Gasteiger partial charge in [0.2, 0.25) is 0 Å². The Morgan fingerprint density at radius 2 is 1.83 bits per heavy atom. The number of carbonyl (C=O) groups excluding carboxylic acids is 1. The molecule has 0 aliphatic carbocycles. The lowest BCUT2D eigenvalue weighted by Gasteiger charge is -2.13. The van der Waals surface area contributed by atoms with Crippen molar-refractivity contribution < 1.29 is 14.3 Å². The van der Waals surface area contributed by atoms with Gasteiger partial charge in [0.15, 0.2) is 0 Å². The van der Waals surface area contributed by atoms with Crippen LogP contribution in [0.15, 0.2) is 60.9 Å². The maximum atomic E-state index is 12.0. The van der Waals surface area contributed by atoms with Gasteiger partial charge in [-0.25, -0.2) is 9.78 Å². The van der Waals surface area contributed by atoms with Crippen molar-refractivity contribution >= 4 is 5.97 Å². The second-order valence-electron chi connectivity index (χ2n) is 5.23. The molecule has 24 heavy (non-hydrogen) atoms. The average Bonchev–Trinajstić information content (AvgIpc) is 3.09. The second-order valence-corrected chi connectivity index (χ2v) is 5.23. The first-order valence-corrected chi connectivity index (χ1v) is 7.55. The normalized spacial score (nSPS) is 10.4. The van der Waals surface area contributed by atoms with Crippen LogP contribution in [-0.2, 0) is 11.3 Å². The number of nitrogens with zero attached hydrogens (tertiary/aromatic N) is 2. The molecule has 0 aliphatic rings. The van der Waals surface area contributed by atoms with Crippen LogP contribution in [0.1, 0.15) is 15.9 Å². The molecule has 122 valence electrons. The van der Waals surface area contributed by atoms with Gasteiger partial charge in [-0.15, -0.1) is 0 Å². The number of ether oxygens (including phenoxy) is 2. The van der Waals surface area contributed by atoms with E-state index in [2.05, 4.69) is 4.98 Å². The van der Waals surface area contributed by atoms with E-state index in [1.165, 1.54) is 7.11 Å². The SMILES string of the molecule is COC(=O)c1ccccc1Cn1ccnc1-c1ccccc1OC. The first-order valence-electron chi connectivity index (χ1n) is 7.55. The minimum atomic E-state index is -0.343. The van der Waals surface area contributed by atoms with Gasteiger partial charge in [0.1, 0.15) is 11.6 Å². The van der Waals surface area contributed by atoms with Crippen molar-refractivity contribution in [3.8, 4) is 17.1 Å². The highest BCUT2D eigenvalue weighted by molar-refractivity contribution is 5.91. The largest absolute Gasteiger partial charge is 0.496 e. The van der Waals surface area contributed by atoms with E-state index in [-0.39, 0.29) is 5.97 Å². The van der Waals surface area contributed by atoms with Gasteiger partial charge in [0, 0.05) is 18.9 Å². The van der Waals surface area contributed by atoms with Crippen molar-refractivity contribution in [3.63, 3.8) is 0 Å².